The molecule has 1 aromatic carbocycles. The molecule has 0 radical (unpaired) electrons. The first kappa shape index (κ1) is 15.7. The predicted molar refractivity (Wildman–Crippen MR) is 89.8 cm³/mol. The maximum Gasteiger partial charge on any atom is 0.149 e. The van der Waals surface area contributed by atoms with Crippen LogP contribution in [-0.4, -0.2) is 19.1 Å². The highest BCUT2D eigenvalue weighted by Crippen LogP contribution is 2.15. The zero-order chi connectivity index (χ0) is 16.4. The van der Waals surface area contributed by atoms with Gasteiger partial charge >= 0.3 is 0 Å². The minimum absolute atomic E-state index is 0.389. The number of hydrogen-bond donors (Lipinski definition) is 0. The van der Waals surface area contributed by atoms with Crippen molar-refractivity contribution >= 4 is 10.8 Å². The van der Waals surface area contributed by atoms with Gasteiger partial charge in [0.15, 0.2) is 0 Å². The van der Waals surface area contributed by atoms with Crippen LogP contribution in [0.2, 0.25) is 0 Å². The van der Waals surface area contributed by atoms with Gasteiger partial charge in [0, 0.05) is 28.3 Å². The van der Waals surface area contributed by atoms with Crippen molar-refractivity contribution < 1.29 is 8.73 Å². The third kappa shape index (κ3) is 3.76. The summed E-state index contributed by atoms with van der Waals surface area (Å²) in [6.07, 6.45) is 0. The molecule has 0 unspecified atom stereocenters. The Morgan fingerprint density at radius 2 is 1.78 bits per heavy atom. The highest BCUT2D eigenvalue weighted by molar-refractivity contribution is 7.83. The summed E-state index contributed by atoms with van der Waals surface area (Å²) in [7, 11) is -1.02. The molecule has 1 atom stereocenters. The zero-order valence-corrected chi connectivity index (χ0v) is 14.3. The first-order valence-electron chi connectivity index (χ1n) is 7.41. The van der Waals surface area contributed by atoms with Gasteiger partial charge in [-0.2, -0.15) is 5.10 Å². The molecule has 3 rings (SSSR count). The zero-order valence-electron chi connectivity index (χ0n) is 13.4. The third-order valence-electron chi connectivity index (χ3n) is 3.50. The number of benzene rings is 1. The van der Waals surface area contributed by atoms with E-state index in [4.69, 9.17) is 4.52 Å². The minimum atomic E-state index is -1.02. The fraction of sp³-hybridized carbons (Fsp3) is 0.294. The standard InChI is InChI=1S/C17H19N3O2S/c1-12-8-14(3)20(18-12)16-6-4-15(5-7-16)10-23(21)11-17-9-13(2)19-22-17/h4-9H,10-11H2,1-3H3/t23-/m0/s1. The van der Waals surface area contributed by atoms with Crippen molar-refractivity contribution in [3.8, 4) is 5.69 Å². The molecule has 2 heterocycles. The van der Waals surface area contributed by atoms with Gasteiger partial charge in [0.25, 0.3) is 0 Å². The van der Waals surface area contributed by atoms with E-state index in [0.717, 1.165) is 28.3 Å². The Labute approximate surface area is 137 Å². The fourth-order valence-corrected chi connectivity index (χ4v) is 3.62. The van der Waals surface area contributed by atoms with E-state index in [0.29, 0.717) is 17.3 Å². The summed E-state index contributed by atoms with van der Waals surface area (Å²) in [6, 6.07) is 11.9. The van der Waals surface area contributed by atoms with Crippen LogP contribution in [0.4, 0.5) is 0 Å². The van der Waals surface area contributed by atoms with E-state index in [1.54, 1.807) is 0 Å². The predicted octanol–water partition coefficient (Wildman–Crippen LogP) is 3.23. The van der Waals surface area contributed by atoms with Gasteiger partial charge in [-0.3, -0.25) is 4.21 Å². The normalized spacial score (nSPS) is 12.5. The minimum Gasteiger partial charge on any atom is -0.360 e. The van der Waals surface area contributed by atoms with E-state index in [2.05, 4.69) is 10.3 Å². The molecule has 0 bridgehead atoms. The Morgan fingerprint density at radius 1 is 1.04 bits per heavy atom. The van der Waals surface area contributed by atoms with E-state index in [1.165, 1.54) is 0 Å². The van der Waals surface area contributed by atoms with E-state index < -0.39 is 10.8 Å². The lowest BCUT2D eigenvalue weighted by Crippen LogP contribution is -2.01. The van der Waals surface area contributed by atoms with Crippen molar-refractivity contribution in [2.75, 3.05) is 0 Å². The second-order valence-corrected chi connectivity index (χ2v) is 7.13. The largest absolute Gasteiger partial charge is 0.360 e. The Bertz CT molecular complexity index is 834. The van der Waals surface area contributed by atoms with Crippen LogP contribution in [0.5, 0.6) is 0 Å². The molecule has 0 fully saturated rings. The maximum atomic E-state index is 12.2. The second-order valence-electron chi connectivity index (χ2n) is 5.67. The lowest BCUT2D eigenvalue weighted by molar-refractivity contribution is 0.390. The van der Waals surface area contributed by atoms with Crippen molar-refractivity contribution in [2.24, 2.45) is 0 Å². The summed E-state index contributed by atoms with van der Waals surface area (Å²) >= 11 is 0. The molecule has 0 amide bonds. The topological polar surface area (TPSA) is 60.9 Å². The van der Waals surface area contributed by atoms with Crippen molar-refractivity contribution in [3.63, 3.8) is 0 Å². The molecule has 0 aliphatic rings. The summed E-state index contributed by atoms with van der Waals surface area (Å²) in [4.78, 5) is 0. The Kier molecular flexibility index (Phi) is 4.43. The molecular formula is C17H19N3O2S. The summed E-state index contributed by atoms with van der Waals surface area (Å²) in [5, 5.41) is 8.28. The van der Waals surface area contributed by atoms with E-state index >= 15 is 0 Å². The molecule has 120 valence electrons. The molecule has 0 aliphatic heterocycles. The summed E-state index contributed by atoms with van der Waals surface area (Å²) in [5.74, 6) is 1.55. The molecule has 0 spiro atoms. The molecule has 0 saturated carbocycles. The molecule has 0 saturated heterocycles. The van der Waals surface area contributed by atoms with Gasteiger partial charge in [-0.05, 0) is 44.5 Å². The van der Waals surface area contributed by atoms with Crippen LogP contribution in [-0.2, 0) is 22.3 Å². The van der Waals surface area contributed by atoms with E-state index in [9.17, 15) is 4.21 Å². The maximum absolute atomic E-state index is 12.2. The van der Waals surface area contributed by atoms with Crippen molar-refractivity contribution in [3.05, 3.63) is 64.8 Å². The average molecular weight is 329 g/mol. The van der Waals surface area contributed by atoms with Crippen LogP contribution >= 0.6 is 0 Å². The quantitative estimate of drug-likeness (QED) is 0.721. The van der Waals surface area contributed by atoms with Gasteiger partial charge in [0.2, 0.25) is 0 Å². The van der Waals surface area contributed by atoms with E-state index in [1.807, 2.05) is 61.9 Å². The number of hydrogen-bond acceptors (Lipinski definition) is 4. The first-order chi connectivity index (χ1) is 11.0. The van der Waals surface area contributed by atoms with Gasteiger partial charge in [0.1, 0.15) is 5.76 Å². The van der Waals surface area contributed by atoms with Crippen molar-refractivity contribution in [2.45, 2.75) is 32.3 Å². The molecule has 0 N–H and O–H groups in total. The highest BCUT2D eigenvalue weighted by Gasteiger charge is 2.09. The molecule has 2 aromatic heterocycles. The van der Waals surface area contributed by atoms with Gasteiger partial charge in [-0.15, -0.1) is 0 Å². The summed E-state index contributed by atoms with van der Waals surface area (Å²) < 4.78 is 19.2. The molecule has 3 aromatic rings. The monoisotopic (exact) mass is 329 g/mol. The molecular weight excluding hydrogens is 310 g/mol. The Balaban J connectivity index is 1.67. The lowest BCUT2D eigenvalue weighted by Gasteiger charge is -2.06. The number of aromatic nitrogens is 3. The van der Waals surface area contributed by atoms with Crippen LogP contribution in [0.1, 0.15) is 28.4 Å². The van der Waals surface area contributed by atoms with Crippen LogP contribution in [0.3, 0.4) is 0 Å². The molecule has 6 heteroatoms. The molecule has 0 aliphatic carbocycles. The van der Waals surface area contributed by atoms with Crippen LogP contribution in [0.15, 0.2) is 40.9 Å². The fourth-order valence-electron chi connectivity index (χ4n) is 2.50. The number of nitrogens with zero attached hydrogens (tertiary/aromatic N) is 3. The molecule has 23 heavy (non-hydrogen) atoms. The SMILES string of the molecule is Cc1cc(C[S@@](=O)Cc2ccc(-n3nc(C)cc3C)cc2)on1. The smallest absolute Gasteiger partial charge is 0.149 e. The summed E-state index contributed by atoms with van der Waals surface area (Å²) in [5.41, 5.74) is 4.95. The number of rotatable bonds is 5. The Morgan fingerprint density at radius 3 is 2.35 bits per heavy atom. The average Bonchev–Trinajstić information content (AvgIpc) is 3.05. The highest BCUT2D eigenvalue weighted by atomic mass is 32.2. The first-order valence-corrected chi connectivity index (χ1v) is 8.90. The number of aryl methyl sites for hydroxylation is 3. The lowest BCUT2D eigenvalue weighted by atomic mass is 10.2. The van der Waals surface area contributed by atoms with Crippen LogP contribution in [0.25, 0.3) is 5.69 Å². The van der Waals surface area contributed by atoms with Crippen molar-refractivity contribution in [1.82, 2.24) is 14.9 Å². The van der Waals surface area contributed by atoms with Gasteiger partial charge < -0.3 is 4.52 Å². The van der Waals surface area contributed by atoms with Crippen LogP contribution in [0, 0.1) is 20.8 Å². The van der Waals surface area contributed by atoms with Crippen LogP contribution < -0.4 is 0 Å². The molecule has 5 nitrogen and oxygen atoms in total. The van der Waals surface area contributed by atoms with Crippen molar-refractivity contribution in [1.29, 1.82) is 0 Å². The van der Waals surface area contributed by atoms with Gasteiger partial charge in [0.05, 0.1) is 22.8 Å². The van der Waals surface area contributed by atoms with Gasteiger partial charge in [-0.25, -0.2) is 4.68 Å². The Hall–Kier alpha value is -2.21. The third-order valence-corrected chi connectivity index (χ3v) is 4.76. The van der Waals surface area contributed by atoms with E-state index in [-0.39, 0.29) is 0 Å². The van der Waals surface area contributed by atoms with Gasteiger partial charge in [-0.1, -0.05) is 17.3 Å². The second kappa shape index (κ2) is 6.50. The summed E-state index contributed by atoms with van der Waals surface area (Å²) in [6.45, 7) is 5.86.